The van der Waals surface area contributed by atoms with Crippen molar-refractivity contribution in [1.29, 1.82) is 0 Å². The first-order chi connectivity index (χ1) is 8.38. The summed E-state index contributed by atoms with van der Waals surface area (Å²) in [6, 6.07) is 1.40. The number of nitrogen functional groups attached to an aromatic ring is 1. The van der Waals surface area contributed by atoms with Crippen molar-refractivity contribution in [3.63, 3.8) is 0 Å². The maximum absolute atomic E-state index is 13.2. The van der Waals surface area contributed by atoms with Gasteiger partial charge in [0.15, 0.2) is 5.92 Å². The molecule has 0 fully saturated rings. The zero-order valence-corrected chi connectivity index (χ0v) is 9.44. The summed E-state index contributed by atoms with van der Waals surface area (Å²) in [6.07, 6.45) is 0. The number of rotatable bonds is 4. The van der Waals surface area contributed by atoms with Crippen molar-refractivity contribution in [1.82, 2.24) is 0 Å². The van der Waals surface area contributed by atoms with E-state index in [1.54, 1.807) is 0 Å². The molecule has 0 radical (unpaired) electrons. The van der Waals surface area contributed by atoms with Gasteiger partial charge in [0, 0.05) is 0 Å². The maximum atomic E-state index is 13.2. The van der Waals surface area contributed by atoms with E-state index < -0.39 is 35.2 Å². The molecule has 1 aromatic rings. The van der Waals surface area contributed by atoms with Gasteiger partial charge in [0.25, 0.3) is 0 Å². The highest BCUT2D eigenvalue weighted by Crippen LogP contribution is 2.24. The number of nitrogens with two attached hydrogens (primary N) is 1. The Morgan fingerprint density at radius 1 is 1.39 bits per heavy atom. The van der Waals surface area contributed by atoms with Gasteiger partial charge < -0.3 is 15.6 Å². The minimum absolute atomic E-state index is 0.0391. The maximum Gasteiger partial charge on any atom is 0.324 e. The smallest absolute Gasteiger partial charge is 0.324 e. The number of benzene rings is 1. The fourth-order valence-electron chi connectivity index (χ4n) is 1.38. The summed E-state index contributed by atoms with van der Waals surface area (Å²) >= 11 is 0. The second-order valence-corrected chi connectivity index (χ2v) is 3.42. The molecule has 7 heteroatoms. The molecule has 1 unspecified atom stereocenters. The Balaban J connectivity index is 3.22. The molecule has 0 aromatic heterocycles. The number of esters is 1. The van der Waals surface area contributed by atoms with Gasteiger partial charge in [0.05, 0.1) is 6.61 Å². The number of carboxylic acid groups (broad SMARTS) is 1. The molecule has 98 valence electrons. The molecule has 5 nitrogen and oxygen atoms in total. The number of hydrogen-bond acceptors (Lipinski definition) is 4. The van der Waals surface area contributed by atoms with Crippen LogP contribution in [-0.2, 0) is 14.3 Å². The number of ether oxygens (including phenoxy) is 1. The Labute approximate surface area is 101 Å². The Bertz CT molecular complexity index is 467. The van der Waals surface area contributed by atoms with E-state index in [0.29, 0.717) is 12.1 Å². The third-order valence-corrected chi connectivity index (χ3v) is 2.20. The van der Waals surface area contributed by atoms with Gasteiger partial charge in [-0.1, -0.05) is 0 Å². The van der Waals surface area contributed by atoms with Crippen molar-refractivity contribution in [2.45, 2.75) is 12.8 Å². The van der Waals surface area contributed by atoms with Crippen LogP contribution in [0.1, 0.15) is 18.4 Å². The van der Waals surface area contributed by atoms with Crippen LogP contribution in [0.15, 0.2) is 12.1 Å². The molecule has 0 saturated heterocycles. The molecule has 0 heterocycles. The predicted molar refractivity (Wildman–Crippen MR) is 57.8 cm³/mol. The Hall–Kier alpha value is -2.18. The molecular formula is C11H11F2NO4. The quantitative estimate of drug-likeness (QED) is 0.483. The molecular weight excluding hydrogens is 248 g/mol. The third-order valence-electron chi connectivity index (χ3n) is 2.20. The molecule has 0 spiro atoms. The highest BCUT2D eigenvalue weighted by molar-refractivity contribution is 6.00. The Morgan fingerprint density at radius 3 is 2.28 bits per heavy atom. The first-order valence-electron chi connectivity index (χ1n) is 5.02. The van der Waals surface area contributed by atoms with Crippen LogP contribution in [-0.4, -0.2) is 23.7 Å². The monoisotopic (exact) mass is 259 g/mol. The minimum Gasteiger partial charge on any atom is -0.480 e. The normalized spacial score (nSPS) is 11.9. The summed E-state index contributed by atoms with van der Waals surface area (Å²) in [4.78, 5) is 22.4. The van der Waals surface area contributed by atoms with Gasteiger partial charge in [-0.05, 0) is 24.6 Å². The van der Waals surface area contributed by atoms with E-state index in [4.69, 9.17) is 10.8 Å². The van der Waals surface area contributed by atoms with Gasteiger partial charge in [0.1, 0.15) is 17.3 Å². The standard InChI is InChI=1S/C11H11F2NO4/c1-2-18-11(17)8(10(15)16)5-3-6(12)9(14)7(13)4-5/h3-4,8H,2,14H2,1H3,(H,15,16). The third kappa shape index (κ3) is 2.73. The van der Waals surface area contributed by atoms with Crippen molar-refractivity contribution in [2.75, 3.05) is 12.3 Å². The summed E-state index contributed by atoms with van der Waals surface area (Å²) in [5.41, 5.74) is 3.96. The summed E-state index contributed by atoms with van der Waals surface area (Å²) in [6.45, 7) is 1.45. The number of halogens is 2. The molecule has 0 aliphatic rings. The summed E-state index contributed by atoms with van der Waals surface area (Å²) in [7, 11) is 0. The number of carboxylic acids is 1. The molecule has 1 atom stereocenters. The van der Waals surface area contributed by atoms with E-state index in [-0.39, 0.29) is 12.2 Å². The number of hydrogen-bond donors (Lipinski definition) is 2. The number of carbonyl (C=O) groups excluding carboxylic acids is 1. The molecule has 0 saturated carbocycles. The second kappa shape index (κ2) is 5.44. The average molecular weight is 259 g/mol. The van der Waals surface area contributed by atoms with Gasteiger partial charge in [-0.2, -0.15) is 0 Å². The molecule has 0 aliphatic carbocycles. The van der Waals surface area contributed by atoms with E-state index >= 15 is 0 Å². The van der Waals surface area contributed by atoms with E-state index in [1.165, 1.54) is 6.92 Å². The van der Waals surface area contributed by atoms with Crippen LogP contribution < -0.4 is 5.73 Å². The zero-order valence-electron chi connectivity index (χ0n) is 9.44. The van der Waals surface area contributed by atoms with Crippen molar-refractivity contribution in [3.8, 4) is 0 Å². The van der Waals surface area contributed by atoms with Crippen molar-refractivity contribution < 1.29 is 28.2 Å². The molecule has 1 rings (SSSR count). The molecule has 3 N–H and O–H groups in total. The second-order valence-electron chi connectivity index (χ2n) is 3.42. The predicted octanol–water partition coefficient (Wildman–Crippen LogP) is 1.28. The van der Waals surface area contributed by atoms with E-state index in [9.17, 15) is 18.4 Å². The SMILES string of the molecule is CCOC(=O)C(C(=O)O)c1cc(F)c(N)c(F)c1. The number of carbonyl (C=O) groups is 2. The lowest BCUT2D eigenvalue weighted by Crippen LogP contribution is -2.24. The van der Waals surface area contributed by atoms with E-state index in [1.807, 2.05) is 0 Å². The molecule has 18 heavy (non-hydrogen) atoms. The van der Waals surface area contributed by atoms with Crippen molar-refractivity contribution in [3.05, 3.63) is 29.3 Å². The molecule has 0 aliphatic heterocycles. The first-order valence-corrected chi connectivity index (χ1v) is 5.02. The molecule has 0 amide bonds. The van der Waals surface area contributed by atoms with Crippen LogP contribution in [0.3, 0.4) is 0 Å². The summed E-state index contributed by atoms with van der Waals surface area (Å²) < 4.78 is 30.9. The number of anilines is 1. The van der Waals surface area contributed by atoms with Gasteiger partial charge in [-0.25, -0.2) is 8.78 Å². The van der Waals surface area contributed by atoms with Crippen LogP contribution >= 0.6 is 0 Å². The van der Waals surface area contributed by atoms with Gasteiger partial charge in [-0.3, -0.25) is 9.59 Å². The van der Waals surface area contributed by atoms with Crippen LogP contribution in [0.5, 0.6) is 0 Å². The zero-order chi connectivity index (χ0) is 13.9. The Morgan fingerprint density at radius 2 is 1.89 bits per heavy atom. The van der Waals surface area contributed by atoms with Crippen LogP contribution in [0, 0.1) is 11.6 Å². The summed E-state index contributed by atoms with van der Waals surface area (Å²) in [5.74, 6) is -6.68. The van der Waals surface area contributed by atoms with Gasteiger partial charge >= 0.3 is 11.9 Å². The summed E-state index contributed by atoms with van der Waals surface area (Å²) in [5, 5.41) is 8.90. The lowest BCUT2D eigenvalue weighted by molar-refractivity contribution is -0.153. The lowest BCUT2D eigenvalue weighted by Gasteiger charge is -2.12. The van der Waals surface area contributed by atoms with E-state index in [0.717, 1.165) is 0 Å². The highest BCUT2D eigenvalue weighted by atomic mass is 19.1. The largest absolute Gasteiger partial charge is 0.480 e. The van der Waals surface area contributed by atoms with Crippen LogP contribution in [0.4, 0.5) is 14.5 Å². The van der Waals surface area contributed by atoms with Gasteiger partial charge in [0.2, 0.25) is 0 Å². The fourth-order valence-corrected chi connectivity index (χ4v) is 1.38. The average Bonchev–Trinajstić information content (AvgIpc) is 2.25. The topological polar surface area (TPSA) is 89.6 Å². The molecule has 0 bridgehead atoms. The highest BCUT2D eigenvalue weighted by Gasteiger charge is 2.31. The lowest BCUT2D eigenvalue weighted by atomic mass is 9.98. The van der Waals surface area contributed by atoms with Crippen LogP contribution in [0.25, 0.3) is 0 Å². The number of aliphatic carboxylic acids is 1. The molecule has 1 aromatic carbocycles. The van der Waals surface area contributed by atoms with E-state index in [2.05, 4.69) is 4.74 Å². The fraction of sp³-hybridized carbons (Fsp3) is 0.273. The first kappa shape index (κ1) is 13.9. The minimum atomic E-state index is -1.78. The van der Waals surface area contributed by atoms with Crippen LogP contribution in [0.2, 0.25) is 0 Å². The Kier molecular flexibility index (Phi) is 4.19. The van der Waals surface area contributed by atoms with Crippen molar-refractivity contribution >= 4 is 17.6 Å². The van der Waals surface area contributed by atoms with Gasteiger partial charge in [-0.15, -0.1) is 0 Å². The van der Waals surface area contributed by atoms with Crippen molar-refractivity contribution in [2.24, 2.45) is 0 Å².